The van der Waals surface area contributed by atoms with E-state index in [1.165, 1.54) is 12.8 Å². The molecule has 0 aromatic carbocycles. The van der Waals surface area contributed by atoms with Crippen LogP contribution in [0.1, 0.15) is 23.3 Å². The second-order valence-electron chi connectivity index (χ2n) is 5.33. The fourth-order valence-corrected chi connectivity index (χ4v) is 3.36. The maximum atomic E-state index is 12.4. The third-order valence-electron chi connectivity index (χ3n) is 4.08. The van der Waals surface area contributed by atoms with E-state index in [-0.39, 0.29) is 5.91 Å². The zero-order chi connectivity index (χ0) is 12.7. The summed E-state index contributed by atoms with van der Waals surface area (Å²) in [6.07, 6.45) is 4.23. The Hall–Kier alpha value is -1.00. The number of carbonyl (C=O) groups is 1. The molecule has 0 aliphatic carbocycles. The van der Waals surface area contributed by atoms with Crippen LogP contribution in [0.2, 0.25) is 5.02 Å². The van der Waals surface area contributed by atoms with Crippen LogP contribution in [-0.4, -0.2) is 41.1 Å². The molecule has 18 heavy (non-hydrogen) atoms. The number of aromatic nitrogens is 1. The number of nitrogens with zero attached hydrogens (tertiary/aromatic N) is 2. The third kappa shape index (κ3) is 2.04. The molecule has 2 fully saturated rings. The Bertz CT molecular complexity index is 457. The topological polar surface area (TPSA) is 37.3 Å². The van der Waals surface area contributed by atoms with Crippen LogP contribution < -0.4 is 5.32 Å². The Labute approximate surface area is 112 Å². The van der Waals surface area contributed by atoms with Gasteiger partial charge < -0.3 is 14.8 Å². The van der Waals surface area contributed by atoms with Crippen LogP contribution in [0.3, 0.4) is 0 Å². The van der Waals surface area contributed by atoms with E-state index >= 15 is 0 Å². The maximum absolute atomic E-state index is 12.4. The molecule has 2 aliphatic heterocycles. The zero-order valence-electron chi connectivity index (χ0n) is 10.5. The van der Waals surface area contributed by atoms with Gasteiger partial charge in [-0.05, 0) is 31.4 Å². The van der Waals surface area contributed by atoms with Crippen molar-refractivity contribution in [2.24, 2.45) is 13.0 Å². The molecular formula is C13H18ClN3O. The van der Waals surface area contributed by atoms with Gasteiger partial charge in [-0.1, -0.05) is 11.6 Å². The molecule has 1 aromatic heterocycles. The van der Waals surface area contributed by atoms with Gasteiger partial charge in [-0.3, -0.25) is 4.79 Å². The second kappa shape index (κ2) is 4.59. The molecule has 2 aliphatic rings. The van der Waals surface area contributed by atoms with Gasteiger partial charge in [0.1, 0.15) is 5.69 Å². The second-order valence-corrected chi connectivity index (χ2v) is 5.76. The zero-order valence-corrected chi connectivity index (χ0v) is 11.3. The molecule has 2 saturated heterocycles. The number of likely N-dealkylation sites (tertiary alicyclic amines) is 1. The minimum atomic E-state index is 0.0978. The first-order valence-electron chi connectivity index (χ1n) is 6.49. The van der Waals surface area contributed by atoms with Gasteiger partial charge in [0.2, 0.25) is 0 Å². The number of hydrogen-bond donors (Lipinski definition) is 1. The lowest BCUT2D eigenvalue weighted by Crippen LogP contribution is -2.41. The number of aryl methyl sites for hydroxylation is 1. The Balaban J connectivity index is 1.76. The van der Waals surface area contributed by atoms with Crippen molar-refractivity contribution >= 4 is 17.5 Å². The monoisotopic (exact) mass is 267 g/mol. The van der Waals surface area contributed by atoms with Crippen LogP contribution in [0.15, 0.2) is 12.3 Å². The smallest absolute Gasteiger partial charge is 0.270 e. The fourth-order valence-electron chi connectivity index (χ4n) is 3.11. The molecule has 5 heteroatoms. The molecule has 0 spiro atoms. The summed E-state index contributed by atoms with van der Waals surface area (Å²) in [5.74, 6) is 0.721. The lowest BCUT2D eigenvalue weighted by atomic mass is 9.94. The van der Waals surface area contributed by atoms with Crippen LogP contribution in [-0.2, 0) is 7.05 Å². The average molecular weight is 268 g/mol. The Morgan fingerprint density at radius 2 is 2.33 bits per heavy atom. The Kier molecular flexibility index (Phi) is 3.08. The quantitative estimate of drug-likeness (QED) is 0.837. The van der Waals surface area contributed by atoms with Crippen molar-refractivity contribution in [1.82, 2.24) is 14.8 Å². The van der Waals surface area contributed by atoms with Crippen molar-refractivity contribution in [2.45, 2.75) is 18.9 Å². The average Bonchev–Trinajstić information content (AvgIpc) is 2.91. The minimum absolute atomic E-state index is 0.0978. The summed E-state index contributed by atoms with van der Waals surface area (Å²) < 4.78 is 1.81. The van der Waals surface area contributed by atoms with Crippen LogP contribution in [0, 0.1) is 5.92 Å². The molecule has 1 amide bonds. The van der Waals surface area contributed by atoms with Crippen molar-refractivity contribution in [3.05, 3.63) is 23.0 Å². The molecule has 2 atom stereocenters. The number of nitrogens with one attached hydrogen (secondary N) is 1. The van der Waals surface area contributed by atoms with Gasteiger partial charge in [-0.25, -0.2) is 0 Å². The first-order chi connectivity index (χ1) is 8.65. The summed E-state index contributed by atoms with van der Waals surface area (Å²) in [6.45, 7) is 2.78. The highest BCUT2D eigenvalue weighted by Gasteiger charge is 2.37. The highest BCUT2D eigenvalue weighted by atomic mass is 35.5. The highest BCUT2D eigenvalue weighted by Crippen LogP contribution is 2.26. The van der Waals surface area contributed by atoms with E-state index < -0.39 is 0 Å². The fraction of sp³-hybridized carbons (Fsp3) is 0.615. The minimum Gasteiger partial charge on any atom is -0.345 e. The molecule has 1 N–H and O–H groups in total. The highest BCUT2D eigenvalue weighted by molar-refractivity contribution is 6.31. The van der Waals surface area contributed by atoms with Crippen molar-refractivity contribution in [3.63, 3.8) is 0 Å². The van der Waals surface area contributed by atoms with Gasteiger partial charge >= 0.3 is 0 Å². The van der Waals surface area contributed by atoms with Crippen LogP contribution >= 0.6 is 11.6 Å². The normalized spacial score (nSPS) is 27.3. The third-order valence-corrected chi connectivity index (χ3v) is 4.28. The summed E-state index contributed by atoms with van der Waals surface area (Å²) in [4.78, 5) is 14.4. The molecule has 0 radical (unpaired) electrons. The maximum Gasteiger partial charge on any atom is 0.270 e. The van der Waals surface area contributed by atoms with E-state index in [9.17, 15) is 4.79 Å². The Morgan fingerprint density at radius 1 is 1.50 bits per heavy atom. The van der Waals surface area contributed by atoms with Gasteiger partial charge in [0.15, 0.2) is 0 Å². The van der Waals surface area contributed by atoms with Gasteiger partial charge in [0.25, 0.3) is 5.91 Å². The van der Waals surface area contributed by atoms with E-state index in [4.69, 9.17) is 11.6 Å². The number of carbonyl (C=O) groups excluding carboxylic acids is 1. The van der Waals surface area contributed by atoms with Gasteiger partial charge in [-0.15, -0.1) is 0 Å². The SMILES string of the molecule is Cn1cc(Cl)cc1C(=O)N1CC2CCCNC2C1. The molecule has 0 saturated carbocycles. The van der Waals surface area contributed by atoms with Crippen LogP contribution in [0.25, 0.3) is 0 Å². The number of piperidine rings is 1. The molecule has 4 nitrogen and oxygen atoms in total. The lowest BCUT2D eigenvalue weighted by Gasteiger charge is -2.24. The van der Waals surface area contributed by atoms with Crippen molar-refractivity contribution in [2.75, 3.05) is 19.6 Å². The van der Waals surface area contributed by atoms with E-state index in [1.54, 1.807) is 16.8 Å². The number of fused-ring (bicyclic) bond motifs is 1. The van der Waals surface area contributed by atoms with E-state index in [1.807, 2.05) is 11.9 Å². The standard InChI is InChI=1S/C13H18ClN3O/c1-16-7-10(14)5-12(16)13(18)17-6-9-3-2-4-15-11(9)8-17/h5,7,9,11,15H,2-4,6,8H2,1H3. The number of hydrogen-bond acceptors (Lipinski definition) is 2. The first kappa shape index (κ1) is 12.1. The molecular weight excluding hydrogens is 250 g/mol. The number of rotatable bonds is 1. The van der Waals surface area contributed by atoms with Crippen molar-refractivity contribution in [3.8, 4) is 0 Å². The van der Waals surface area contributed by atoms with Gasteiger partial charge in [0.05, 0.1) is 5.02 Å². The first-order valence-corrected chi connectivity index (χ1v) is 6.87. The summed E-state index contributed by atoms with van der Waals surface area (Å²) in [5, 5.41) is 4.13. The summed E-state index contributed by atoms with van der Waals surface area (Å²) >= 11 is 5.93. The lowest BCUT2D eigenvalue weighted by molar-refractivity contribution is 0.0776. The molecule has 98 valence electrons. The van der Waals surface area contributed by atoms with E-state index in [0.29, 0.717) is 22.7 Å². The van der Waals surface area contributed by atoms with Crippen molar-refractivity contribution < 1.29 is 4.79 Å². The van der Waals surface area contributed by atoms with Crippen LogP contribution in [0.5, 0.6) is 0 Å². The number of amides is 1. The Morgan fingerprint density at radius 3 is 3.00 bits per heavy atom. The van der Waals surface area contributed by atoms with E-state index in [0.717, 1.165) is 19.6 Å². The molecule has 3 rings (SSSR count). The van der Waals surface area contributed by atoms with E-state index in [2.05, 4.69) is 5.32 Å². The molecule has 0 bridgehead atoms. The van der Waals surface area contributed by atoms with Gasteiger partial charge in [-0.2, -0.15) is 0 Å². The summed E-state index contributed by atoms with van der Waals surface area (Å²) in [7, 11) is 1.86. The molecule has 3 heterocycles. The summed E-state index contributed by atoms with van der Waals surface area (Å²) in [6, 6.07) is 2.23. The van der Waals surface area contributed by atoms with Crippen molar-refractivity contribution in [1.29, 1.82) is 0 Å². The molecule has 2 unspecified atom stereocenters. The largest absolute Gasteiger partial charge is 0.345 e. The summed E-state index contributed by atoms with van der Waals surface area (Å²) in [5.41, 5.74) is 0.679. The molecule has 1 aromatic rings. The number of halogens is 1. The van der Waals surface area contributed by atoms with Gasteiger partial charge in [0, 0.05) is 32.4 Å². The predicted molar refractivity (Wildman–Crippen MR) is 70.8 cm³/mol. The van der Waals surface area contributed by atoms with Crippen LogP contribution in [0.4, 0.5) is 0 Å². The predicted octanol–water partition coefficient (Wildman–Crippen LogP) is 1.50.